The van der Waals surface area contributed by atoms with Gasteiger partial charge in [-0.05, 0) is 30.7 Å². The lowest BCUT2D eigenvalue weighted by Gasteiger charge is -2.08. The van der Waals surface area contributed by atoms with Crippen LogP contribution in [0.3, 0.4) is 0 Å². The summed E-state index contributed by atoms with van der Waals surface area (Å²) in [6.07, 6.45) is 0. The Labute approximate surface area is 163 Å². The summed E-state index contributed by atoms with van der Waals surface area (Å²) in [5, 5.41) is 0.875. The Morgan fingerprint density at radius 1 is 0.852 bits per heavy atom. The van der Waals surface area contributed by atoms with Gasteiger partial charge in [-0.15, -0.1) is 0 Å². The zero-order chi connectivity index (χ0) is 19.0. The average Bonchev–Trinajstić information content (AvgIpc) is 2.95. The van der Waals surface area contributed by atoms with Gasteiger partial charge in [0.2, 0.25) is 9.84 Å². The second-order valence-corrected chi connectivity index (χ2v) is 8.77. The molecule has 0 fully saturated rings. The second-order valence-electron chi connectivity index (χ2n) is 6.53. The van der Waals surface area contributed by atoms with Crippen LogP contribution in [0.15, 0.2) is 88.7 Å². The van der Waals surface area contributed by atoms with Gasteiger partial charge in [0.05, 0.1) is 10.4 Å². The third-order valence-corrected chi connectivity index (χ3v) is 7.00. The summed E-state index contributed by atoms with van der Waals surface area (Å²) in [7, 11) is -3.74. The first-order chi connectivity index (χ1) is 13.0. The molecule has 3 nitrogen and oxygen atoms in total. The van der Waals surface area contributed by atoms with Crippen molar-refractivity contribution in [2.75, 3.05) is 0 Å². The number of hydrogen-bond acceptors (Lipinski definition) is 2. The average molecular weight is 396 g/mol. The molecular weight excluding hydrogens is 378 g/mol. The molecule has 136 valence electrons. The zero-order valence-electron chi connectivity index (χ0n) is 14.8. The molecule has 0 unspecified atom stereocenters. The maximum atomic E-state index is 13.3. The first kappa shape index (κ1) is 17.8. The highest BCUT2D eigenvalue weighted by atomic mass is 35.5. The maximum Gasteiger partial charge on any atom is 0.210 e. The van der Waals surface area contributed by atoms with Gasteiger partial charge in [-0.2, -0.15) is 0 Å². The predicted octanol–water partition coefficient (Wildman–Crippen LogP) is 5.48. The third-order valence-electron chi connectivity index (χ3n) is 4.65. The van der Waals surface area contributed by atoms with Crippen molar-refractivity contribution in [1.82, 2.24) is 4.57 Å². The summed E-state index contributed by atoms with van der Waals surface area (Å²) in [6.45, 7) is 2.43. The number of sulfone groups is 1. The summed E-state index contributed by atoms with van der Waals surface area (Å²) < 4.78 is 28.6. The number of hydrogen-bond donors (Lipinski definition) is 0. The van der Waals surface area contributed by atoms with Crippen molar-refractivity contribution in [3.8, 4) is 0 Å². The molecule has 5 heteroatoms. The molecule has 0 aliphatic heterocycles. The van der Waals surface area contributed by atoms with Gasteiger partial charge >= 0.3 is 0 Å². The molecule has 3 aromatic carbocycles. The Morgan fingerprint density at radius 2 is 1.48 bits per heavy atom. The highest BCUT2D eigenvalue weighted by molar-refractivity contribution is 7.91. The number of fused-ring (bicyclic) bond motifs is 1. The molecule has 0 spiro atoms. The fourth-order valence-electron chi connectivity index (χ4n) is 3.25. The highest BCUT2D eigenvalue weighted by Gasteiger charge is 2.28. The quantitative estimate of drug-likeness (QED) is 0.458. The van der Waals surface area contributed by atoms with Crippen molar-refractivity contribution in [1.29, 1.82) is 0 Å². The standard InChI is InChI=1S/C22H18ClNO2S/c1-16-11-13-18(14-12-16)27(25,26)21-19-9-5-6-10-20(19)24(22(21)23)15-17-7-3-2-4-8-17/h2-14H,15H2,1H3. The van der Waals surface area contributed by atoms with Crippen molar-refractivity contribution in [2.24, 2.45) is 0 Å². The van der Waals surface area contributed by atoms with Crippen molar-refractivity contribution >= 4 is 32.3 Å². The van der Waals surface area contributed by atoms with Gasteiger partial charge < -0.3 is 4.57 Å². The van der Waals surface area contributed by atoms with Crippen molar-refractivity contribution in [3.63, 3.8) is 0 Å². The lowest BCUT2D eigenvalue weighted by Crippen LogP contribution is -2.04. The fourth-order valence-corrected chi connectivity index (χ4v) is 5.33. The smallest absolute Gasteiger partial charge is 0.210 e. The van der Waals surface area contributed by atoms with E-state index in [4.69, 9.17) is 11.6 Å². The number of rotatable bonds is 4. The summed E-state index contributed by atoms with van der Waals surface area (Å²) >= 11 is 6.65. The van der Waals surface area contributed by atoms with E-state index in [0.717, 1.165) is 16.6 Å². The van der Waals surface area contributed by atoms with Crippen LogP contribution < -0.4 is 0 Å². The first-order valence-electron chi connectivity index (χ1n) is 8.61. The van der Waals surface area contributed by atoms with Crippen molar-refractivity contribution in [2.45, 2.75) is 23.3 Å². The van der Waals surface area contributed by atoms with E-state index in [2.05, 4.69) is 0 Å². The predicted molar refractivity (Wildman–Crippen MR) is 109 cm³/mol. The molecule has 0 atom stereocenters. The van der Waals surface area contributed by atoms with Gasteiger partial charge in [-0.1, -0.05) is 77.8 Å². The lowest BCUT2D eigenvalue weighted by molar-refractivity contribution is 0.596. The SMILES string of the molecule is Cc1ccc(S(=O)(=O)c2c(Cl)n(Cc3ccccc3)c3ccccc23)cc1. The fraction of sp³-hybridized carbons (Fsp3) is 0.0909. The number of para-hydroxylation sites is 1. The van der Waals surface area contributed by atoms with Crippen molar-refractivity contribution < 1.29 is 8.42 Å². The molecule has 1 heterocycles. The van der Waals surface area contributed by atoms with Crippen LogP contribution in [0.25, 0.3) is 10.9 Å². The van der Waals surface area contributed by atoms with E-state index < -0.39 is 9.84 Å². The largest absolute Gasteiger partial charge is 0.326 e. The van der Waals surface area contributed by atoms with Gasteiger partial charge in [-0.25, -0.2) is 8.42 Å². The van der Waals surface area contributed by atoms with Crippen molar-refractivity contribution in [3.05, 3.63) is 95.1 Å². The summed E-state index contributed by atoms with van der Waals surface area (Å²) in [5.74, 6) is 0. The number of halogens is 1. The lowest BCUT2D eigenvalue weighted by atomic mass is 10.2. The Hall–Kier alpha value is -2.56. The van der Waals surface area contributed by atoms with Crippen LogP contribution in [0, 0.1) is 6.92 Å². The number of nitrogens with zero attached hydrogens (tertiary/aromatic N) is 1. The summed E-state index contributed by atoms with van der Waals surface area (Å²) in [4.78, 5) is 0.414. The monoisotopic (exact) mass is 395 g/mol. The normalized spacial score (nSPS) is 11.8. The van der Waals surface area contributed by atoms with Crippen LogP contribution in [-0.4, -0.2) is 13.0 Å². The molecule has 4 aromatic rings. The molecule has 4 rings (SSSR count). The van der Waals surface area contributed by atoms with E-state index in [-0.39, 0.29) is 14.9 Å². The topological polar surface area (TPSA) is 39.1 Å². The Balaban J connectivity index is 1.94. The molecule has 0 amide bonds. The number of aromatic nitrogens is 1. The van der Waals surface area contributed by atoms with Crippen LogP contribution in [0.1, 0.15) is 11.1 Å². The molecule has 0 aliphatic carbocycles. The molecule has 0 N–H and O–H groups in total. The maximum absolute atomic E-state index is 13.3. The minimum atomic E-state index is -3.74. The van der Waals surface area contributed by atoms with Crippen LogP contribution in [0.4, 0.5) is 0 Å². The molecule has 1 aromatic heterocycles. The van der Waals surface area contributed by atoms with Crippen LogP contribution in [0.2, 0.25) is 5.15 Å². The first-order valence-corrected chi connectivity index (χ1v) is 10.5. The Morgan fingerprint density at radius 3 is 2.19 bits per heavy atom. The minimum Gasteiger partial charge on any atom is -0.326 e. The van der Waals surface area contributed by atoms with E-state index in [1.807, 2.05) is 66.1 Å². The van der Waals surface area contributed by atoms with E-state index >= 15 is 0 Å². The number of benzene rings is 3. The van der Waals surface area contributed by atoms with Crippen LogP contribution in [-0.2, 0) is 16.4 Å². The highest BCUT2D eigenvalue weighted by Crippen LogP contribution is 2.37. The third kappa shape index (κ3) is 3.15. The minimum absolute atomic E-state index is 0.166. The van der Waals surface area contributed by atoms with E-state index in [0.29, 0.717) is 11.9 Å². The van der Waals surface area contributed by atoms with E-state index in [1.54, 1.807) is 24.3 Å². The van der Waals surface area contributed by atoms with E-state index in [1.165, 1.54) is 0 Å². The summed E-state index contributed by atoms with van der Waals surface area (Å²) in [5.41, 5.74) is 2.86. The van der Waals surface area contributed by atoms with Gasteiger partial charge in [0, 0.05) is 11.9 Å². The van der Waals surface area contributed by atoms with Crippen LogP contribution in [0.5, 0.6) is 0 Å². The molecule has 0 saturated carbocycles. The van der Waals surface area contributed by atoms with Crippen LogP contribution >= 0.6 is 11.6 Å². The van der Waals surface area contributed by atoms with Gasteiger partial charge in [0.15, 0.2) is 0 Å². The zero-order valence-corrected chi connectivity index (χ0v) is 16.3. The molecule has 0 bridgehead atoms. The van der Waals surface area contributed by atoms with Gasteiger partial charge in [0.25, 0.3) is 0 Å². The second kappa shape index (κ2) is 6.87. The number of aryl methyl sites for hydroxylation is 1. The molecule has 27 heavy (non-hydrogen) atoms. The van der Waals surface area contributed by atoms with Gasteiger partial charge in [-0.3, -0.25) is 0 Å². The molecule has 0 radical (unpaired) electrons. The molecule has 0 aliphatic rings. The van der Waals surface area contributed by atoms with Gasteiger partial charge in [0.1, 0.15) is 10.0 Å². The molecule has 0 saturated heterocycles. The Bertz CT molecular complexity index is 1210. The Kier molecular flexibility index (Phi) is 4.54. The van der Waals surface area contributed by atoms with E-state index in [9.17, 15) is 8.42 Å². The molecular formula is C22H18ClNO2S. The summed E-state index contributed by atoms with van der Waals surface area (Å²) in [6, 6.07) is 24.1.